The molecule has 4 N–H and O–H groups in total. The Labute approximate surface area is 200 Å². The predicted octanol–water partition coefficient (Wildman–Crippen LogP) is 3.74. The number of hydrogen-bond donors (Lipinski definition) is 2. The molecule has 0 saturated heterocycles. The Hall–Kier alpha value is -4.63. The van der Waals surface area contributed by atoms with Crippen molar-refractivity contribution in [1.82, 2.24) is 34.3 Å². The number of nitrogens with two attached hydrogens (primary N) is 2. The number of nitrogens with zero attached hydrogens (tertiary/aromatic N) is 7. The minimum atomic E-state index is 0.0809. The Balaban J connectivity index is 1.50. The van der Waals surface area contributed by atoms with Gasteiger partial charge in [-0.25, -0.2) is 19.9 Å². The highest BCUT2D eigenvalue weighted by atomic mass is 15.3. The first-order valence-corrected chi connectivity index (χ1v) is 11.5. The highest BCUT2D eigenvalue weighted by molar-refractivity contribution is 5.84. The molecule has 9 nitrogen and oxygen atoms in total. The quantitative estimate of drug-likeness (QED) is 0.413. The van der Waals surface area contributed by atoms with Crippen molar-refractivity contribution in [2.24, 2.45) is 5.73 Å². The summed E-state index contributed by atoms with van der Waals surface area (Å²) in [6.07, 6.45) is 7.12. The summed E-state index contributed by atoms with van der Waals surface area (Å²) in [6, 6.07) is 17.9. The van der Waals surface area contributed by atoms with Gasteiger partial charge in [0.1, 0.15) is 11.3 Å². The summed E-state index contributed by atoms with van der Waals surface area (Å²) in [5.41, 5.74) is 18.9. The molecule has 1 atom stereocenters. The molecule has 0 aliphatic heterocycles. The molecule has 5 aromatic heterocycles. The molecule has 1 aromatic carbocycles. The van der Waals surface area contributed by atoms with E-state index in [0.29, 0.717) is 23.1 Å². The lowest BCUT2D eigenvalue weighted by Gasteiger charge is -2.13. The van der Waals surface area contributed by atoms with Crippen LogP contribution in [0.25, 0.3) is 45.1 Å². The third-order valence-electron chi connectivity index (χ3n) is 6.62. The maximum atomic E-state index is 6.29. The minimum absolute atomic E-state index is 0.0809. The van der Waals surface area contributed by atoms with Crippen LogP contribution in [0.5, 0.6) is 0 Å². The molecule has 5 heterocycles. The predicted molar refractivity (Wildman–Crippen MR) is 134 cm³/mol. The van der Waals surface area contributed by atoms with Gasteiger partial charge in [0.05, 0.1) is 11.8 Å². The summed E-state index contributed by atoms with van der Waals surface area (Å²) in [6.45, 7) is 0. The van der Waals surface area contributed by atoms with E-state index in [0.717, 1.165) is 40.6 Å². The van der Waals surface area contributed by atoms with Crippen molar-refractivity contribution in [1.29, 1.82) is 0 Å². The number of nitrogen functional groups attached to an aromatic ring is 1. The second kappa shape index (κ2) is 7.44. The smallest absolute Gasteiger partial charge is 0.167 e. The molecule has 1 aliphatic carbocycles. The number of anilines is 1. The minimum Gasteiger partial charge on any atom is -0.383 e. The number of benzene rings is 1. The fourth-order valence-corrected chi connectivity index (χ4v) is 4.90. The number of rotatable bonds is 3. The zero-order chi connectivity index (χ0) is 23.5. The summed E-state index contributed by atoms with van der Waals surface area (Å²) < 4.78 is 3.78. The Morgan fingerprint density at radius 1 is 0.914 bits per heavy atom. The third kappa shape index (κ3) is 3.02. The normalized spacial score (nSPS) is 15.2. The molecule has 0 amide bonds. The molecule has 170 valence electrons. The molecule has 6 aromatic rings. The van der Waals surface area contributed by atoms with Crippen LogP contribution in [0.4, 0.5) is 5.82 Å². The molecular weight excluding hydrogens is 438 g/mol. The SMILES string of the molecule is Nc1ncccc1-c1nc2ccc(-n3ncc4cccnc43)nc2n1-c1ccc2c(c1)CC[C@@H]2N. The number of aromatic nitrogens is 7. The van der Waals surface area contributed by atoms with Gasteiger partial charge < -0.3 is 11.5 Å². The highest BCUT2D eigenvalue weighted by Gasteiger charge is 2.23. The summed E-state index contributed by atoms with van der Waals surface area (Å²) in [7, 11) is 0. The van der Waals surface area contributed by atoms with E-state index in [1.54, 1.807) is 23.3 Å². The summed E-state index contributed by atoms with van der Waals surface area (Å²) in [5, 5.41) is 5.47. The Morgan fingerprint density at radius 2 is 1.80 bits per heavy atom. The Kier molecular flexibility index (Phi) is 4.21. The lowest BCUT2D eigenvalue weighted by atomic mass is 10.1. The van der Waals surface area contributed by atoms with Crippen molar-refractivity contribution in [3.05, 3.63) is 84.3 Å². The molecule has 7 rings (SSSR count). The summed E-state index contributed by atoms with van der Waals surface area (Å²) in [5.74, 6) is 1.75. The standard InChI is InChI=1S/C26H21N9/c27-20-8-5-15-13-17(6-7-18(15)20)34-25(19-4-2-11-29-23(19)28)32-21-9-10-22(33-26(21)34)35-24-16(14-31-35)3-1-12-30-24/h1-4,6-7,9-14,20H,5,8,27H2,(H2,28,29)/t20-/m0/s1. The van der Waals surface area contributed by atoms with Crippen molar-refractivity contribution in [2.75, 3.05) is 5.73 Å². The summed E-state index contributed by atoms with van der Waals surface area (Å²) >= 11 is 0. The van der Waals surface area contributed by atoms with E-state index < -0.39 is 0 Å². The zero-order valence-corrected chi connectivity index (χ0v) is 18.7. The van der Waals surface area contributed by atoms with Crippen LogP contribution < -0.4 is 11.5 Å². The van der Waals surface area contributed by atoms with Crippen molar-refractivity contribution in [3.63, 3.8) is 0 Å². The van der Waals surface area contributed by atoms with Crippen LogP contribution >= 0.6 is 0 Å². The monoisotopic (exact) mass is 459 g/mol. The van der Waals surface area contributed by atoms with E-state index in [9.17, 15) is 0 Å². The van der Waals surface area contributed by atoms with Crippen LogP contribution in [0.3, 0.4) is 0 Å². The lowest BCUT2D eigenvalue weighted by Crippen LogP contribution is -2.06. The summed E-state index contributed by atoms with van der Waals surface area (Å²) in [4.78, 5) is 18.7. The zero-order valence-electron chi connectivity index (χ0n) is 18.7. The molecule has 9 heteroatoms. The average molecular weight is 460 g/mol. The topological polar surface area (TPSA) is 126 Å². The molecule has 1 aliphatic rings. The average Bonchev–Trinajstić information content (AvgIpc) is 3.58. The van der Waals surface area contributed by atoms with Crippen LogP contribution in [-0.2, 0) is 6.42 Å². The van der Waals surface area contributed by atoms with Gasteiger partial charge >= 0.3 is 0 Å². The number of imidazole rings is 1. The van der Waals surface area contributed by atoms with Crippen molar-refractivity contribution >= 4 is 28.0 Å². The Morgan fingerprint density at radius 3 is 2.71 bits per heavy atom. The first-order valence-electron chi connectivity index (χ1n) is 11.5. The number of pyridine rings is 3. The number of fused-ring (bicyclic) bond motifs is 3. The van der Waals surface area contributed by atoms with Gasteiger partial charge in [0, 0.05) is 29.5 Å². The van der Waals surface area contributed by atoms with E-state index in [-0.39, 0.29) is 6.04 Å². The van der Waals surface area contributed by atoms with Crippen molar-refractivity contribution < 1.29 is 0 Å². The molecule has 0 spiro atoms. The second-order valence-corrected chi connectivity index (χ2v) is 8.72. The van der Waals surface area contributed by atoms with Gasteiger partial charge in [-0.05, 0) is 72.5 Å². The molecular formula is C26H21N9. The van der Waals surface area contributed by atoms with Gasteiger partial charge in [0.2, 0.25) is 0 Å². The van der Waals surface area contributed by atoms with Crippen LogP contribution in [-0.4, -0.2) is 34.3 Å². The molecule has 0 bridgehead atoms. The number of hydrogen-bond acceptors (Lipinski definition) is 7. The Bertz CT molecular complexity index is 1750. The third-order valence-corrected chi connectivity index (χ3v) is 6.62. The van der Waals surface area contributed by atoms with Crippen molar-refractivity contribution in [3.8, 4) is 22.9 Å². The van der Waals surface area contributed by atoms with Gasteiger partial charge in [-0.2, -0.15) is 9.78 Å². The maximum Gasteiger partial charge on any atom is 0.167 e. The van der Waals surface area contributed by atoms with Gasteiger partial charge in [-0.3, -0.25) is 4.57 Å². The van der Waals surface area contributed by atoms with Gasteiger partial charge in [0.25, 0.3) is 0 Å². The first-order chi connectivity index (χ1) is 17.2. The van der Waals surface area contributed by atoms with Crippen LogP contribution in [0.2, 0.25) is 0 Å². The maximum absolute atomic E-state index is 6.29. The second-order valence-electron chi connectivity index (χ2n) is 8.72. The van der Waals surface area contributed by atoms with Gasteiger partial charge in [-0.1, -0.05) is 6.07 Å². The van der Waals surface area contributed by atoms with Crippen molar-refractivity contribution in [2.45, 2.75) is 18.9 Å². The van der Waals surface area contributed by atoms with E-state index in [1.807, 2.05) is 41.0 Å². The van der Waals surface area contributed by atoms with E-state index >= 15 is 0 Å². The molecule has 0 fully saturated rings. The lowest BCUT2D eigenvalue weighted by molar-refractivity contribution is 0.713. The van der Waals surface area contributed by atoms with Crippen LogP contribution in [0.15, 0.2) is 73.2 Å². The molecule has 0 saturated carbocycles. The van der Waals surface area contributed by atoms with Gasteiger partial charge in [0.15, 0.2) is 22.9 Å². The first kappa shape index (κ1) is 19.8. The number of aryl methyl sites for hydroxylation is 1. The van der Waals surface area contributed by atoms with Crippen LogP contribution in [0.1, 0.15) is 23.6 Å². The highest BCUT2D eigenvalue weighted by Crippen LogP contribution is 2.35. The van der Waals surface area contributed by atoms with E-state index in [4.69, 9.17) is 21.4 Å². The molecule has 35 heavy (non-hydrogen) atoms. The van der Waals surface area contributed by atoms with E-state index in [2.05, 4.69) is 33.3 Å². The van der Waals surface area contributed by atoms with E-state index in [1.165, 1.54) is 11.1 Å². The fraction of sp³-hybridized carbons (Fsp3) is 0.115. The van der Waals surface area contributed by atoms with Gasteiger partial charge in [-0.15, -0.1) is 0 Å². The van der Waals surface area contributed by atoms with Crippen LogP contribution in [0, 0.1) is 0 Å². The molecule has 0 unspecified atom stereocenters. The largest absolute Gasteiger partial charge is 0.383 e. The molecule has 0 radical (unpaired) electrons. The fourth-order valence-electron chi connectivity index (χ4n) is 4.90.